The molecular formula is C16H16N4. The van der Waals surface area contributed by atoms with Gasteiger partial charge in [-0.3, -0.25) is 9.97 Å². The maximum Gasteiger partial charge on any atom is 0.148 e. The molecule has 0 spiro atoms. The molecule has 3 aromatic rings. The molecule has 0 bridgehead atoms. The van der Waals surface area contributed by atoms with E-state index in [1.165, 1.54) is 0 Å². The molecule has 1 N–H and O–H groups in total. The number of nitrogens with one attached hydrogen (secondary N) is 1. The van der Waals surface area contributed by atoms with Gasteiger partial charge in [0.05, 0.1) is 11.2 Å². The minimum Gasteiger partial charge on any atom is -0.369 e. The molecule has 0 aliphatic rings. The van der Waals surface area contributed by atoms with E-state index < -0.39 is 0 Å². The molecule has 0 aliphatic heterocycles. The average molecular weight is 264 g/mol. The van der Waals surface area contributed by atoms with Gasteiger partial charge in [0.25, 0.3) is 0 Å². The summed E-state index contributed by atoms with van der Waals surface area (Å²) in [6.45, 7) is 2.88. The number of aromatic nitrogens is 3. The Morgan fingerprint density at radius 3 is 2.75 bits per heavy atom. The molecule has 2 heterocycles. The Hall–Kier alpha value is -2.49. The van der Waals surface area contributed by atoms with E-state index in [2.05, 4.69) is 32.4 Å². The first-order valence-corrected chi connectivity index (χ1v) is 6.75. The van der Waals surface area contributed by atoms with Crippen molar-refractivity contribution in [2.75, 3.05) is 11.9 Å². The summed E-state index contributed by atoms with van der Waals surface area (Å²) in [5.74, 6) is 0.838. The van der Waals surface area contributed by atoms with Gasteiger partial charge in [0.2, 0.25) is 0 Å². The summed E-state index contributed by atoms with van der Waals surface area (Å²) in [4.78, 5) is 13.4. The molecule has 2 aromatic heterocycles. The van der Waals surface area contributed by atoms with Crippen molar-refractivity contribution in [2.45, 2.75) is 13.3 Å². The Bertz CT molecular complexity index is 724. The zero-order valence-corrected chi connectivity index (χ0v) is 11.4. The first-order valence-electron chi connectivity index (χ1n) is 6.75. The van der Waals surface area contributed by atoms with Crippen LogP contribution in [0.2, 0.25) is 0 Å². The van der Waals surface area contributed by atoms with Crippen LogP contribution in [0, 0.1) is 0 Å². The standard InChI is InChI=1S/C16H16N4/c1-2-17-16-15(18-9-10-19-16)11-13-8-7-12-5-3-4-6-14(12)20-13/h3-10H,2,11H2,1H3,(H,17,19). The second kappa shape index (κ2) is 5.65. The summed E-state index contributed by atoms with van der Waals surface area (Å²) in [5.41, 5.74) is 2.94. The predicted octanol–water partition coefficient (Wildman–Crippen LogP) is 3.05. The second-order valence-electron chi connectivity index (χ2n) is 4.55. The Morgan fingerprint density at radius 1 is 1.00 bits per heavy atom. The molecule has 4 nitrogen and oxygen atoms in total. The number of anilines is 1. The van der Waals surface area contributed by atoms with Crippen LogP contribution in [0.4, 0.5) is 5.82 Å². The largest absolute Gasteiger partial charge is 0.369 e. The highest BCUT2D eigenvalue weighted by atomic mass is 15.0. The summed E-state index contributed by atoms with van der Waals surface area (Å²) in [7, 11) is 0. The lowest BCUT2D eigenvalue weighted by atomic mass is 10.1. The van der Waals surface area contributed by atoms with Crippen molar-refractivity contribution >= 4 is 16.7 Å². The van der Waals surface area contributed by atoms with E-state index in [0.29, 0.717) is 6.42 Å². The first-order chi connectivity index (χ1) is 9.86. The second-order valence-corrected chi connectivity index (χ2v) is 4.55. The monoisotopic (exact) mass is 264 g/mol. The van der Waals surface area contributed by atoms with E-state index in [1.54, 1.807) is 12.4 Å². The number of para-hydroxylation sites is 1. The molecule has 0 fully saturated rings. The van der Waals surface area contributed by atoms with Crippen molar-refractivity contribution in [1.82, 2.24) is 15.0 Å². The van der Waals surface area contributed by atoms with Crippen LogP contribution in [-0.4, -0.2) is 21.5 Å². The lowest BCUT2D eigenvalue weighted by molar-refractivity contribution is 0.985. The van der Waals surface area contributed by atoms with E-state index >= 15 is 0 Å². The molecular weight excluding hydrogens is 248 g/mol. The fourth-order valence-electron chi connectivity index (χ4n) is 2.19. The van der Waals surface area contributed by atoms with Gasteiger partial charge in [-0.15, -0.1) is 0 Å². The van der Waals surface area contributed by atoms with Crippen molar-refractivity contribution in [3.63, 3.8) is 0 Å². The normalized spacial score (nSPS) is 10.7. The van der Waals surface area contributed by atoms with Gasteiger partial charge in [-0.2, -0.15) is 0 Å². The summed E-state index contributed by atoms with van der Waals surface area (Å²) < 4.78 is 0. The molecule has 0 amide bonds. The number of hydrogen-bond acceptors (Lipinski definition) is 4. The van der Waals surface area contributed by atoms with Crippen LogP contribution in [0.15, 0.2) is 48.8 Å². The Labute approximate surface area is 117 Å². The van der Waals surface area contributed by atoms with Crippen LogP contribution in [0.5, 0.6) is 0 Å². The maximum absolute atomic E-state index is 4.68. The highest BCUT2D eigenvalue weighted by Gasteiger charge is 2.06. The molecule has 0 saturated heterocycles. The van der Waals surface area contributed by atoms with E-state index in [4.69, 9.17) is 0 Å². The summed E-state index contributed by atoms with van der Waals surface area (Å²) in [5, 5.41) is 4.39. The predicted molar refractivity (Wildman–Crippen MR) is 80.7 cm³/mol. The van der Waals surface area contributed by atoms with Gasteiger partial charge in [0, 0.05) is 36.4 Å². The molecule has 0 unspecified atom stereocenters. The maximum atomic E-state index is 4.68. The SMILES string of the molecule is CCNc1nccnc1Cc1ccc2ccccc2n1. The van der Waals surface area contributed by atoms with Gasteiger partial charge in [0.1, 0.15) is 5.82 Å². The zero-order valence-electron chi connectivity index (χ0n) is 11.4. The van der Waals surface area contributed by atoms with Crippen molar-refractivity contribution in [3.05, 3.63) is 60.2 Å². The van der Waals surface area contributed by atoms with E-state index in [1.807, 2.05) is 31.2 Å². The van der Waals surface area contributed by atoms with Crippen LogP contribution in [0.1, 0.15) is 18.3 Å². The van der Waals surface area contributed by atoms with E-state index in [0.717, 1.165) is 34.7 Å². The van der Waals surface area contributed by atoms with Crippen molar-refractivity contribution in [3.8, 4) is 0 Å². The van der Waals surface area contributed by atoms with Crippen molar-refractivity contribution < 1.29 is 0 Å². The molecule has 0 radical (unpaired) electrons. The third kappa shape index (κ3) is 2.59. The van der Waals surface area contributed by atoms with E-state index in [9.17, 15) is 0 Å². The fourth-order valence-corrected chi connectivity index (χ4v) is 2.19. The summed E-state index contributed by atoms with van der Waals surface area (Å²) >= 11 is 0. The van der Waals surface area contributed by atoms with E-state index in [-0.39, 0.29) is 0 Å². The van der Waals surface area contributed by atoms with Gasteiger partial charge in [-0.05, 0) is 19.1 Å². The summed E-state index contributed by atoms with van der Waals surface area (Å²) in [6, 6.07) is 12.3. The first kappa shape index (κ1) is 12.5. The highest BCUT2D eigenvalue weighted by Crippen LogP contribution is 2.16. The third-order valence-electron chi connectivity index (χ3n) is 3.12. The topological polar surface area (TPSA) is 50.7 Å². The average Bonchev–Trinajstić information content (AvgIpc) is 2.49. The number of pyridine rings is 1. The fraction of sp³-hybridized carbons (Fsp3) is 0.188. The smallest absolute Gasteiger partial charge is 0.148 e. The molecule has 3 rings (SSSR count). The van der Waals surface area contributed by atoms with Gasteiger partial charge >= 0.3 is 0 Å². The lowest BCUT2D eigenvalue weighted by Gasteiger charge is -2.08. The highest BCUT2D eigenvalue weighted by molar-refractivity contribution is 5.78. The van der Waals surface area contributed by atoms with Crippen molar-refractivity contribution in [1.29, 1.82) is 0 Å². The Morgan fingerprint density at radius 2 is 1.85 bits per heavy atom. The quantitative estimate of drug-likeness (QED) is 0.787. The number of rotatable bonds is 4. The molecule has 20 heavy (non-hydrogen) atoms. The Balaban J connectivity index is 1.93. The van der Waals surface area contributed by atoms with Crippen LogP contribution >= 0.6 is 0 Å². The van der Waals surface area contributed by atoms with Gasteiger partial charge in [-0.1, -0.05) is 24.3 Å². The Kier molecular flexibility index (Phi) is 3.54. The number of fused-ring (bicyclic) bond motifs is 1. The van der Waals surface area contributed by atoms with Crippen LogP contribution in [0.3, 0.4) is 0 Å². The number of benzene rings is 1. The minimum atomic E-state index is 0.682. The van der Waals surface area contributed by atoms with Crippen LogP contribution in [-0.2, 0) is 6.42 Å². The van der Waals surface area contributed by atoms with Crippen molar-refractivity contribution in [2.24, 2.45) is 0 Å². The van der Waals surface area contributed by atoms with Gasteiger partial charge in [-0.25, -0.2) is 4.98 Å². The number of hydrogen-bond donors (Lipinski definition) is 1. The number of nitrogens with zero attached hydrogens (tertiary/aromatic N) is 3. The van der Waals surface area contributed by atoms with Gasteiger partial charge in [0.15, 0.2) is 0 Å². The molecule has 0 atom stereocenters. The van der Waals surface area contributed by atoms with Crippen LogP contribution in [0.25, 0.3) is 10.9 Å². The molecule has 4 heteroatoms. The lowest BCUT2D eigenvalue weighted by Crippen LogP contribution is -2.06. The molecule has 100 valence electrons. The summed E-state index contributed by atoms with van der Waals surface area (Å²) in [6.07, 6.45) is 4.10. The molecule has 0 aliphatic carbocycles. The zero-order chi connectivity index (χ0) is 13.8. The molecule has 1 aromatic carbocycles. The van der Waals surface area contributed by atoms with Gasteiger partial charge < -0.3 is 5.32 Å². The molecule has 0 saturated carbocycles. The van der Waals surface area contributed by atoms with Crippen LogP contribution < -0.4 is 5.32 Å². The third-order valence-corrected chi connectivity index (χ3v) is 3.12. The minimum absolute atomic E-state index is 0.682.